The van der Waals surface area contributed by atoms with Gasteiger partial charge in [0.2, 0.25) is 11.8 Å². The molecule has 1 fully saturated rings. The van der Waals surface area contributed by atoms with Gasteiger partial charge < -0.3 is 10.6 Å². The van der Waals surface area contributed by atoms with E-state index in [1.807, 2.05) is 60.7 Å². The van der Waals surface area contributed by atoms with E-state index in [-0.39, 0.29) is 24.4 Å². The van der Waals surface area contributed by atoms with Crippen molar-refractivity contribution in [2.24, 2.45) is 11.8 Å². The summed E-state index contributed by atoms with van der Waals surface area (Å²) in [6, 6.07) is 18.4. The zero-order valence-corrected chi connectivity index (χ0v) is 17.2. The molecule has 0 saturated heterocycles. The highest BCUT2D eigenvalue weighted by atomic mass is 16.2. The van der Waals surface area contributed by atoms with Crippen LogP contribution in [0.5, 0.6) is 0 Å². The third-order valence-corrected chi connectivity index (χ3v) is 5.96. The van der Waals surface area contributed by atoms with Crippen LogP contribution < -0.4 is 16.0 Å². The van der Waals surface area contributed by atoms with Gasteiger partial charge in [-0.05, 0) is 36.0 Å². The van der Waals surface area contributed by atoms with E-state index in [1.54, 1.807) is 0 Å². The van der Waals surface area contributed by atoms with Gasteiger partial charge in [-0.3, -0.25) is 14.9 Å². The zero-order valence-electron chi connectivity index (χ0n) is 17.2. The Balaban J connectivity index is 1.62. The lowest BCUT2D eigenvalue weighted by Gasteiger charge is -2.34. The van der Waals surface area contributed by atoms with Crippen LogP contribution in [0.3, 0.4) is 0 Å². The number of hydrogen-bond donors (Lipinski definition) is 3. The average Bonchev–Trinajstić information content (AvgIpc) is 2.73. The summed E-state index contributed by atoms with van der Waals surface area (Å²) in [4.78, 5) is 25.5. The summed E-state index contributed by atoms with van der Waals surface area (Å²) in [5, 5.41) is 9.23. The van der Waals surface area contributed by atoms with E-state index in [0.29, 0.717) is 11.8 Å². The quantitative estimate of drug-likeness (QED) is 0.668. The lowest BCUT2D eigenvalue weighted by molar-refractivity contribution is -0.122. The van der Waals surface area contributed by atoms with Gasteiger partial charge >= 0.3 is 0 Å². The molecule has 1 aliphatic rings. The molecule has 2 aromatic carbocycles. The minimum atomic E-state index is -0.607. The lowest BCUT2D eigenvalue weighted by Crippen LogP contribution is -2.47. The van der Waals surface area contributed by atoms with Gasteiger partial charge in [-0.25, -0.2) is 0 Å². The highest BCUT2D eigenvalue weighted by molar-refractivity contribution is 5.95. The van der Waals surface area contributed by atoms with E-state index in [0.717, 1.165) is 24.1 Å². The molecule has 0 spiro atoms. The molecule has 0 heterocycles. The monoisotopic (exact) mass is 393 g/mol. The number of benzene rings is 2. The molecule has 0 radical (unpaired) electrons. The molecular formula is C24H31N3O2. The predicted octanol–water partition coefficient (Wildman–Crippen LogP) is 3.90. The topological polar surface area (TPSA) is 70.2 Å². The molecular weight excluding hydrogens is 362 g/mol. The molecule has 2 aromatic rings. The van der Waals surface area contributed by atoms with Gasteiger partial charge in [0.1, 0.15) is 6.04 Å². The van der Waals surface area contributed by atoms with Crippen molar-refractivity contribution in [2.45, 2.75) is 45.2 Å². The molecule has 2 amide bonds. The van der Waals surface area contributed by atoms with Crippen molar-refractivity contribution in [3.63, 3.8) is 0 Å². The van der Waals surface area contributed by atoms with Crippen molar-refractivity contribution in [2.75, 3.05) is 11.9 Å². The Bertz CT molecular complexity index is 794. The first-order chi connectivity index (χ1) is 14.0. The Morgan fingerprint density at radius 2 is 1.62 bits per heavy atom. The summed E-state index contributed by atoms with van der Waals surface area (Å²) < 4.78 is 0. The molecule has 5 nitrogen and oxygen atoms in total. The number of amides is 2. The van der Waals surface area contributed by atoms with Gasteiger partial charge in [0.15, 0.2) is 0 Å². The smallest absolute Gasteiger partial charge is 0.246 e. The normalized spacial score (nSPS) is 22.5. The number of anilines is 1. The number of hydrogen-bond acceptors (Lipinski definition) is 3. The van der Waals surface area contributed by atoms with Gasteiger partial charge in [-0.1, -0.05) is 75.2 Å². The number of rotatable bonds is 7. The Morgan fingerprint density at radius 3 is 2.31 bits per heavy atom. The highest BCUT2D eigenvalue weighted by Crippen LogP contribution is 2.29. The van der Waals surface area contributed by atoms with Crippen molar-refractivity contribution >= 4 is 17.5 Å². The SMILES string of the molecule is CC1CCCC(NC(=O)CNC(C(=O)Nc2ccccc2)c2ccccc2)C1C. The van der Waals surface area contributed by atoms with Crippen LogP contribution in [-0.4, -0.2) is 24.4 Å². The average molecular weight is 394 g/mol. The Kier molecular flexibility index (Phi) is 7.42. The fourth-order valence-corrected chi connectivity index (χ4v) is 3.98. The summed E-state index contributed by atoms with van der Waals surface area (Å²) in [5.74, 6) is 0.842. The van der Waals surface area contributed by atoms with Crippen LogP contribution in [0.25, 0.3) is 0 Å². The number of para-hydroxylation sites is 1. The number of carbonyl (C=O) groups is 2. The molecule has 3 rings (SSSR count). The molecule has 5 heteroatoms. The van der Waals surface area contributed by atoms with E-state index in [1.165, 1.54) is 6.42 Å². The van der Waals surface area contributed by atoms with E-state index >= 15 is 0 Å². The standard InChI is InChI=1S/C24H31N3O2/c1-17-10-9-15-21(18(17)2)27-22(28)16-25-23(19-11-5-3-6-12-19)24(29)26-20-13-7-4-8-14-20/h3-8,11-14,17-18,21,23,25H,9-10,15-16H2,1-2H3,(H,26,29)(H,27,28). The maximum absolute atomic E-state index is 12.9. The fourth-order valence-electron chi connectivity index (χ4n) is 3.98. The second-order valence-corrected chi connectivity index (χ2v) is 8.02. The molecule has 29 heavy (non-hydrogen) atoms. The van der Waals surface area contributed by atoms with E-state index < -0.39 is 6.04 Å². The van der Waals surface area contributed by atoms with Crippen molar-refractivity contribution in [3.05, 3.63) is 66.2 Å². The van der Waals surface area contributed by atoms with E-state index in [2.05, 4.69) is 29.8 Å². The van der Waals surface area contributed by atoms with Crippen molar-refractivity contribution in [3.8, 4) is 0 Å². The summed E-state index contributed by atoms with van der Waals surface area (Å²) in [7, 11) is 0. The Hall–Kier alpha value is -2.66. The van der Waals surface area contributed by atoms with Crippen LogP contribution in [0.4, 0.5) is 5.69 Å². The molecule has 0 aromatic heterocycles. The van der Waals surface area contributed by atoms with E-state index in [4.69, 9.17) is 0 Å². The van der Waals surface area contributed by atoms with Crippen LogP contribution in [0.15, 0.2) is 60.7 Å². The molecule has 1 aliphatic carbocycles. The molecule has 3 N–H and O–H groups in total. The highest BCUT2D eigenvalue weighted by Gasteiger charge is 2.28. The van der Waals surface area contributed by atoms with Crippen molar-refractivity contribution in [1.82, 2.24) is 10.6 Å². The summed E-state index contributed by atoms with van der Waals surface area (Å²) in [6.45, 7) is 4.56. The van der Waals surface area contributed by atoms with Crippen LogP contribution in [0.1, 0.15) is 44.7 Å². The summed E-state index contributed by atoms with van der Waals surface area (Å²) in [5.41, 5.74) is 1.56. The van der Waals surface area contributed by atoms with Crippen LogP contribution in [0.2, 0.25) is 0 Å². The number of carbonyl (C=O) groups excluding carboxylic acids is 2. The lowest BCUT2D eigenvalue weighted by atomic mass is 9.78. The minimum absolute atomic E-state index is 0.0654. The van der Waals surface area contributed by atoms with Gasteiger partial charge in [0.05, 0.1) is 6.54 Å². The Morgan fingerprint density at radius 1 is 0.966 bits per heavy atom. The largest absolute Gasteiger partial charge is 0.352 e. The van der Waals surface area contributed by atoms with E-state index in [9.17, 15) is 9.59 Å². The molecule has 4 atom stereocenters. The van der Waals surface area contributed by atoms with Crippen molar-refractivity contribution in [1.29, 1.82) is 0 Å². The summed E-state index contributed by atoms with van der Waals surface area (Å²) >= 11 is 0. The van der Waals surface area contributed by atoms with Gasteiger partial charge in [0, 0.05) is 11.7 Å². The van der Waals surface area contributed by atoms with Gasteiger partial charge in [0.25, 0.3) is 0 Å². The maximum Gasteiger partial charge on any atom is 0.246 e. The zero-order chi connectivity index (χ0) is 20.6. The second-order valence-electron chi connectivity index (χ2n) is 8.02. The van der Waals surface area contributed by atoms with Crippen molar-refractivity contribution < 1.29 is 9.59 Å². The van der Waals surface area contributed by atoms with Gasteiger partial charge in [-0.2, -0.15) is 0 Å². The molecule has 154 valence electrons. The minimum Gasteiger partial charge on any atom is -0.352 e. The Labute approximate surface area is 173 Å². The molecule has 4 unspecified atom stereocenters. The predicted molar refractivity (Wildman–Crippen MR) is 116 cm³/mol. The third-order valence-electron chi connectivity index (χ3n) is 5.96. The first kappa shape index (κ1) is 21.1. The maximum atomic E-state index is 12.9. The molecule has 0 bridgehead atoms. The molecule has 1 saturated carbocycles. The van der Waals surface area contributed by atoms with Crippen LogP contribution >= 0.6 is 0 Å². The first-order valence-corrected chi connectivity index (χ1v) is 10.5. The fraction of sp³-hybridized carbons (Fsp3) is 0.417. The van der Waals surface area contributed by atoms with Gasteiger partial charge in [-0.15, -0.1) is 0 Å². The molecule has 0 aliphatic heterocycles. The van der Waals surface area contributed by atoms with Crippen LogP contribution in [0, 0.1) is 11.8 Å². The van der Waals surface area contributed by atoms with Crippen LogP contribution in [-0.2, 0) is 9.59 Å². The first-order valence-electron chi connectivity index (χ1n) is 10.5. The second kappa shape index (κ2) is 10.2. The summed E-state index contributed by atoms with van der Waals surface area (Å²) in [6.07, 6.45) is 3.39. The third kappa shape index (κ3) is 5.91. The number of nitrogens with one attached hydrogen (secondary N) is 3.